The molecule has 0 bridgehead atoms. The first-order valence-electron chi connectivity index (χ1n) is 9.56. The zero-order valence-electron chi connectivity index (χ0n) is 16.6. The average molecular weight is 420 g/mol. The van der Waals surface area contributed by atoms with Gasteiger partial charge < -0.3 is 13.9 Å². The van der Waals surface area contributed by atoms with E-state index in [9.17, 15) is 9.59 Å². The van der Waals surface area contributed by atoms with E-state index in [0.717, 1.165) is 16.9 Å². The SMILES string of the molecule is CC(C)c1ccc(OCC(=O)Oc2cc(-c3ccccc3)c3oc(=O)sc3c2)cc1. The smallest absolute Gasteiger partial charge is 0.396 e. The summed E-state index contributed by atoms with van der Waals surface area (Å²) in [7, 11) is 0. The molecule has 152 valence electrons. The summed E-state index contributed by atoms with van der Waals surface area (Å²) in [5.74, 6) is 0.834. The number of benzene rings is 3. The van der Waals surface area contributed by atoms with Crippen LogP contribution in [-0.4, -0.2) is 12.6 Å². The average Bonchev–Trinajstić information content (AvgIpc) is 3.12. The van der Waals surface area contributed by atoms with Crippen LogP contribution in [0.3, 0.4) is 0 Å². The Balaban J connectivity index is 1.52. The van der Waals surface area contributed by atoms with Crippen molar-refractivity contribution < 1.29 is 18.7 Å². The van der Waals surface area contributed by atoms with Crippen molar-refractivity contribution in [3.63, 3.8) is 0 Å². The lowest BCUT2D eigenvalue weighted by atomic mass is 10.0. The van der Waals surface area contributed by atoms with Gasteiger partial charge in [0.1, 0.15) is 11.5 Å². The first kappa shape index (κ1) is 19.9. The minimum atomic E-state index is -0.530. The summed E-state index contributed by atoms with van der Waals surface area (Å²) in [6, 6.07) is 20.5. The molecule has 0 aliphatic heterocycles. The van der Waals surface area contributed by atoms with Crippen LogP contribution in [0.25, 0.3) is 21.4 Å². The van der Waals surface area contributed by atoms with Crippen LogP contribution in [0.4, 0.5) is 0 Å². The van der Waals surface area contributed by atoms with Gasteiger partial charge in [-0.3, -0.25) is 0 Å². The number of hydrogen-bond acceptors (Lipinski definition) is 6. The molecule has 0 amide bonds. The van der Waals surface area contributed by atoms with Gasteiger partial charge in [0.05, 0.1) is 4.70 Å². The standard InChI is InChI=1S/C24H20O5S/c1-15(2)16-8-10-18(11-9-16)27-14-22(25)28-19-12-20(17-6-4-3-5-7-17)23-21(13-19)30-24(26)29-23/h3-13,15H,14H2,1-2H3. The maximum absolute atomic E-state index is 12.3. The van der Waals surface area contributed by atoms with Crippen LogP contribution in [0.2, 0.25) is 0 Å². The lowest BCUT2D eigenvalue weighted by Gasteiger charge is -2.10. The molecule has 0 aliphatic rings. The third kappa shape index (κ3) is 4.44. The highest BCUT2D eigenvalue weighted by atomic mass is 32.1. The van der Waals surface area contributed by atoms with Crippen LogP contribution in [0.15, 0.2) is 75.9 Å². The van der Waals surface area contributed by atoms with E-state index in [2.05, 4.69) is 13.8 Å². The van der Waals surface area contributed by atoms with Crippen molar-refractivity contribution in [2.24, 2.45) is 0 Å². The van der Waals surface area contributed by atoms with Crippen LogP contribution in [0.5, 0.6) is 11.5 Å². The van der Waals surface area contributed by atoms with Gasteiger partial charge in [0.2, 0.25) is 0 Å². The molecule has 6 heteroatoms. The van der Waals surface area contributed by atoms with Crippen LogP contribution in [0, 0.1) is 0 Å². The number of rotatable bonds is 6. The molecule has 1 aromatic heterocycles. The van der Waals surface area contributed by atoms with Gasteiger partial charge >= 0.3 is 10.9 Å². The molecule has 0 unspecified atom stereocenters. The summed E-state index contributed by atoms with van der Waals surface area (Å²) in [5.41, 5.74) is 3.24. The summed E-state index contributed by atoms with van der Waals surface area (Å²) >= 11 is 0.971. The molecule has 0 saturated heterocycles. The van der Waals surface area contributed by atoms with Crippen LogP contribution in [-0.2, 0) is 4.79 Å². The Morgan fingerprint density at radius 3 is 2.43 bits per heavy atom. The summed E-state index contributed by atoms with van der Waals surface area (Å²) in [6.07, 6.45) is 0. The molecule has 30 heavy (non-hydrogen) atoms. The maximum Gasteiger partial charge on any atom is 0.396 e. The van der Waals surface area contributed by atoms with E-state index >= 15 is 0 Å². The molecule has 0 N–H and O–H groups in total. The minimum Gasteiger partial charge on any atom is -0.482 e. The third-order valence-corrected chi connectivity index (χ3v) is 5.40. The summed E-state index contributed by atoms with van der Waals surface area (Å²) < 4.78 is 17.0. The molecular formula is C24H20O5S. The fraction of sp³-hybridized carbons (Fsp3) is 0.167. The normalized spacial score (nSPS) is 11.0. The van der Waals surface area contributed by atoms with Crippen LogP contribution < -0.4 is 14.4 Å². The molecule has 0 aliphatic carbocycles. The molecular weight excluding hydrogens is 400 g/mol. The van der Waals surface area contributed by atoms with Crippen molar-refractivity contribution in [1.82, 2.24) is 0 Å². The van der Waals surface area contributed by atoms with Gasteiger partial charge in [0.25, 0.3) is 0 Å². The zero-order valence-corrected chi connectivity index (χ0v) is 17.4. The maximum atomic E-state index is 12.3. The number of carbonyl (C=O) groups is 1. The minimum absolute atomic E-state index is 0.221. The molecule has 0 spiro atoms. The second kappa shape index (κ2) is 8.55. The molecule has 0 fully saturated rings. The summed E-state index contributed by atoms with van der Waals surface area (Å²) in [6.45, 7) is 4.01. The highest BCUT2D eigenvalue weighted by Crippen LogP contribution is 2.34. The van der Waals surface area contributed by atoms with Gasteiger partial charge in [0, 0.05) is 11.6 Å². The molecule has 0 saturated carbocycles. The zero-order chi connectivity index (χ0) is 21.1. The largest absolute Gasteiger partial charge is 0.482 e. The van der Waals surface area contributed by atoms with Crippen molar-refractivity contribution in [3.05, 3.63) is 82.0 Å². The predicted octanol–water partition coefficient (Wildman–Crippen LogP) is 5.63. The Kier molecular flexibility index (Phi) is 5.68. The molecule has 0 atom stereocenters. The molecule has 3 aromatic carbocycles. The molecule has 4 rings (SSSR count). The van der Waals surface area contributed by atoms with E-state index in [1.807, 2.05) is 54.6 Å². The Bertz CT molecular complexity index is 1220. The number of esters is 1. The van der Waals surface area contributed by atoms with Crippen molar-refractivity contribution in [2.75, 3.05) is 6.61 Å². The van der Waals surface area contributed by atoms with E-state index in [1.54, 1.807) is 12.1 Å². The van der Waals surface area contributed by atoms with Crippen molar-refractivity contribution in [2.45, 2.75) is 19.8 Å². The van der Waals surface area contributed by atoms with Gasteiger partial charge in [-0.05, 0) is 35.2 Å². The fourth-order valence-corrected chi connectivity index (χ4v) is 3.82. The van der Waals surface area contributed by atoms with E-state index in [0.29, 0.717) is 33.3 Å². The van der Waals surface area contributed by atoms with Gasteiger partial charge in [0.15, 0.2) is 12.2 Å². The van der Waals surface area contributed by atoms with Crippen LogP contribution in [0.1, 0.15) is 25.3 Å². The van der Waals surface area contributed by atoms with E-state index < -0.39 is 10.9 Å². The van der Waals surface area contributed by atoms with Crippen LogP contribution >= 0.6 is 11.3 Å². The predicted molar refractivity (Wildman–Crippen MR) is 117 cm³/mol. The first-order valence-corrected chi connectivity index (χ1v) is 10.4. The first-order chi connectivity index (χ1) is 14.5. The number of ether oxygens (including phenoxy) is 2. The quantitative estimate of drug-likeness (QED) is 0.299. The molecule has 4 aromatic rings. The van der Waals surface area contributed by atoms with Crippen molar-refractivity contribution in [3.8, 4) is 22.6 Å². The Morgan fingerprint density at radius 1 is 1.00 bits per heavy atom. The van der Waals surface area contributed by atoms with Gasteiger partial charge in [-0.2, -0.15) is 0 Å². The lowest BCUT2D eigenvalue weighted by molar-refractivity contribution is -0.136. The van der Waals surface area contributed by atoms with E-state index in [1.165, 1.54) is 5.56 Å². The van der Waals surface area contributed by atoms with Gasteiger partial charge in [-0.1, -0.05) is 67.6 Å². The fourth-order valence-electron chi connectivity index (χ4n) is 3.10. The van der Waals surface area contributed by atoms with E-state index in [4.69, 9.17) is 13.9 Å². The monoisotopic (exact) mass is 420 g/mol. The second-order valence-corrected chi connectivity index (χ2v) is 8.08. The molecule has 0 radical (unpaired) electrons. The highest BCUT2D eigenvalue weighted by molar-refractivity contribution is 7.16. The van der Waals surface area contributed by atoms with Gasteiger partial charge in [-0.15, -0.1) is 0 Å². The van der Waals surface area contributed by atoms with Crippen molar-refractivity contribution in [1.29, 1.82) is 0 Å². The topological polar surface area (TPSA) is 65.7 Å². The van der Waals surface area contributed by atoms with Gasteiger partial charge in [-0.25, -0.2) is 9.59 Å². The summed E-state index contributed by atoms with van der Waals surface area (Å²) in [5, 5.41) is 0. The van der Waals surface area contributed by atoms with Crippen molar-refractivity contribution >= 4 is 27.6 Å². The highest BCUT2D eigenvalue weighted by Gasteiger charge is 2.15. The third-order valence-electron chi connectivity index (χ3n) is 4.63. The second-order valence-electron chi connectivity index (χ2n) is 7.10. The summed E-state index contributed by atoms with van der Waals surface area (Å²) in [4.78, 5) is 23.7. The molecule has 1 heterocycles. The number of fused-ring (bicyclic) bond motifs is 1. The Morgan fingerprint density at radius 2 is 1.73 bits per heavy atom. The Hall–Kier alpha value is -3.38. The molecule has 5 nitrogen and oxygen atoms in total. The number of hydrogen-bond donors (Lipinski definition) is 0. The van der Waals surface area contributed by atoms with E-state index in [-0.39, 0.29) is 6.61 Å². The Labute approximate surface area is 177 Å². The number of carbonyl (C=O) groups excluding carboxylic acids is 1. The lowest BCUT2D eigenvalue weighted by Crippen LogP contribution is -2.17.